The van der Waals surface area contributed by atoms with Gasteiger partial charge in [0.15, 0.2) is 0 Å². The number of nitrogens with one attached hydrogen (secondary N) is 1. The molecule has 2 N–H and O–H groups in total. The SMILES string of the molecule is O=S(O)Nc1ccc2c(c1)CCCCC2. The van der Waals surface area contributed by atoms with Crippen LogP contribution < -0.4 is 4.72 Å². The van der Waals surface area contributed by atoms with Gasteiger partial charge in [-0.05, 0) is 48.9 Å². The zero-order chi connectivity index (χ0) is 10.7. The summed E-state index contributed by atoms with van der Waals surface area (Å²) in [6.45, 7) is 0. The van der Waals surface area contributed by atoms with E-state index in [1.807, 2.05) is 12.1 Å². The summed E-state index contributed by atoms with van der Waals surface area (Å²) in [6, 6.07) is 5.93. The number of hydrogen-bond acceptors (Lipinski definition) is 1. The van der Waals surface area contributed by atoms with E-state index in [0.717, 1.165) is 18.5 Å². The highest BCUT2D eigenvalue weighted by Crippen LogP contribution is 2.23. The molecule has 15 heavy (non-hydrogen) atoms. The minimum Gasteiger partial charge on any atom is -0.289 e. The van der Waals surface area contributed by atoms with Crippen molar-refractivity contribution in [3.05, 3.63) is 29.3 Å². The fourth-order valence-electron chi connectivity index (χ4n) is 2.07. The zero-order valence-electron chi connectivity index (χ0n) is 8.53. The summed E-state index contributed by atoms with van der Waals surface area (Å²) in [5, 5.41) is 0. The first-order valence-electron chi connectivity index (χ1n) is 5.25. The highest BCUT2D eigenvalue weighted by molar-refractivity contribution is 7.80. The van der Waals surface area contributed by atoms with Crippen molar-refractivity contribution in [3.63, 3.8) is 0 Å². The number of anilines is 1. The zero-order valence-corrected chi connectivity index (χ0v) is 9.35. The van der Waals surface area contributed by atoms with Crippen LogP contribution in [0, 0.1) is 0 Å². The minimum absolute atomic E-state index is 0.733. The molecule has 0 radical (unpaired) electrons. The van der Waals surface area contributed by atoms with Crippen LogP contribution in [0.4, 0.5) is 5.69 Å². The van der Waals surface area contributed by atoms with Gasteiger partial charge >= 0.3 is 0 Å². The molecule has 2 rings (SSSR count). The van der Waals surface area contributed by atoms with E-state index in [9.17, 15) is 4.21 Å². The van der Waals surface area contributed by atoms with Gasteiger partial charge in [-0.25, -0.2) is 4.21 Å². The lowest BCUT2D eigenvalue weighted by Gasteiger charge is -2.08. The third-order valence-electron chi connectivity index (χ3n) is 2.80. The van der Waals surface area contributed by atoms with Gasteiger partial charge in [0.2, 0.25) is 0 Å². The van der Waals surface area contributed by atoms with Crippen LogP contribution in [0.2, 0.25) is 0 Å². The summed E-state index contributed by atoms with van der Waals surface area (Å²) in [4.78, 5) is 0. The van der Waals surface area contributed by atoms with Crippen LogP contribution in [0.15, 0.2) is 18.2 Å². The van der Waals surface area contributed by atoms with E-state index in [4.69, 9.17) is 4.55 Å². The molecule has 0 spiro atoms. The molecular formula is C11H15NO2S. The van der Waals surface area contributed by atoms with Crippen molar-refractivity contribution in [1.29, 1.82) is 0 Å². The lowest BCUT2D eigenvalue weighted by Crippen LogP contribution is -2.03. The third kappa shape index (κ3) is 2.79. The molecule has 82 valence electrons. The molecule has 0 bridgehead atoms. The Balaban J connectivity index is 2.23. The Morgan fingerprint density at radius 1 is 1.13 bits per heavy atom. The Morgan fingerprint density at radius 3 is 2.60 bits per heavy atom. The smallest absolute Gasteiger partial charge is 0.259 e. The van der Waals surface area contributed by atoms with Crippen molar-refractivity contribution in [3.8, 4) is 0 Å². The normalized spacial score (nSPS) is 17.7. The molecule has 0 aromatic heterocycles. The molecule has 1 aliphatic rings. The average Bonchev–Trinajstić information content (AvgIpc) is 2.41. The average molecular weight is 225 g/mol. The molecule has 0 saturated heterocycles. The van der Waals surface area contributed by atoms with Crippen molar-refractivity contribution in [2.45, 2.75) is 32.1 Å². The molecular weight excluding hydrogens is 210 g/mol. The van der Waals surface area contributed by atoms with E-state index in [1.165, 1.54) is 30.4 Å². The summed E-state index contributed by atoms with van der Waals surface area (Å²) in [6.07, 6.45) is 5.98. The molecule has 1 atom stereocenters. The van der Waals surface area contributed by atoms with Gasteiger partial charge in [-0.2, -0.15) is 0 Å². The molecule has 0 aliphatic heterocycles. The van der Waals surface area contributed by atoms with Gasteiger partial charge < -0.3 is 0 Å². The van der Waals surface area contributed by atoms with Crippen LogP contribution >= 0.6 is 0 Å². The van der Waals surface area contributed by atoms with Gasteiger partial charge in [0.25, 0.3) is 11.3 Å². The van der Waals surface area contributed by atoms with Gasteiger partial charge in [0.05, 0.1) is 0 Å². The fraction of sp³-hybridized carbons (Fsp3) is 0.455. The maximum Gasteiger partial charge on any atom is 0.259 e. The van der Waals surface area contributed by atoms with E-state index in [1.54, 1.807) is 0 Å². The second-order valence-corrected chi connectivity index (χ2v) is 4.60. The third-order valence-corrected chi connectivity index (χ3v) is 3.21. The molecule has 0 amide bonds. The Hall–Kier alpha value is -0.870. The number of fused-ring (bicyclic) bond motifs is 1. The van der Waals surface area contributed by atoms with Gasteiger partial charge in [-0.3, -0.25) is 9.27 Å². The molecule has 1 aromatic rings. The largest absolute Gasteiger partial charge is 0.289 e. The van der Waals surface area contributed by atoms with Crippen LogP contribution in [0.1, 0.15) is 30.4 Å². The Morgan fingerprint density at radius 2 is 1.87 bits per heavy atom. The number of aryl methyl sites for hydroxylation is 2. The fourth-order valence-corrected chi connectivity index (χ4v) is 2.40. The van der Waals surface area contributed by atoms with E-state index >= 15 is 0 Å². The second kappa shape index (κ2) is 4.77. The van der Waals surface area contributed by atoms with Crippen molar-refractivity contribution in [1.82, 2.24) is 0 Å². The van der Waals surface area contributed by atoms with Crippen molar-refractivity contribution < 1.29 is 8.76 Å². The van der Waals surface area contributed by atoms with E-state index in [-0.39, 0.29) is 0 Å². The highest BCUT2D eigenvalue weighted by Gasteiger charge is 2.08. The number of rotatable bonds is 2. The van der Waals surface area contributed by atoms with Crippen LogP contribution in [0.5, 0.6) is 0 Å². The monoisotopic (exact) mass is 225 g/mol. The highest BCUT2D eigenvalue weighted by atomic mass is 32.2. The standard InChI is InChI=1S/C11H15NO2S/c13-15(14)12-11-7-6-9-4-2-1-3-5-10(9)8-11/h6-8,12H,1-5H2,(H,13,14). The van der Waals surface area contributed by atoms with Crippen LogP contribution in [0.25, 0.3) is 0 Å². The maximum absolute atomic E-state index is 10.6. The Labute approximate surface area is 92.3 Å². The van der Waals surface area contributed by atoms with Gasteiger partial charge in [0.1, 0.15) is 0 Å². The molecule has 4 heteroatoms. The van der Waals surface area contributed by atoms with Crippen LogP contribution in [-0.4, -0.2) is 8.76 Å². The first-order valence-corrected chi connectivity index (χ1v) is 6.36. The van der Waals surface area contributed by atoms with E-state index in [2.05, 4.69) is 10.8 Å². The summed E-state index contributed by atoms with van der Waals surface area (Å²) < 4.78 is 21.8. The summed E-state index contributed by atoms with van der Waals surface area (Å²) in [5.41, 5.74) is 3.45. The predicted octanol–water partition coefficient (Wildman–Crippen LogP) is 2.50. The number of hydrogen-bond donors (Lipinski definition) is 2. The summed E-state index contributed by atoms with van der Waals surface area (Å²) in [5.74, 6) is 0. The maximum atomic E-state index is 10.6. The Kier molecular flexibility index (Phi) is 3.38. The Bertz CT molecular complexity index is 379. The number of benzene rings is 1. The molecule has 0 heterocycles. The van der Waals surface area contributed by atoms with Gasteiger partial charge in [-0.15, -0.1) is 0 Å². The predicted molar refractivity (Wildman–Crippen MR) is 62.1 cm³/mol. The van der Waals surface area contributed by atoms with Crippen molar-refractivity contribution in [2.24, 2.45) is 0 Å². The van der Waals surface area contributed by atoms with Gasteiger partial charge in [-0.1, -0.05) is 12.5 Å². The van der Waals surface area contributed by atoms with Gasteiger partial charge in [0, 0.05) is 5.69 Å². The van der Waals surface area contributed by atoms with Crippen LogP contribution in [0.3, 0.4) is 0 Å². The summed E-state index contributed by atoms with van der Waals surface area (Å²) >= 11 is -1.97. The summed E-state index contributed by atoms with van der Waals surface area (Å²) in [7, 11) is 0. The van der Waals surface area contributed by atoms with E-state index < -0.39 is 11.3 Å². The van der Waals surface area contributed by atoms with E-state index in [0.29, 0.717) is 0 Å². The minimum atomic E-state index is -1.97. The van der Waals surface area contributed by atoms with Crippen molar-refractivity contribution in [2.75, 3.05) is 4.72 Å². The molecule has 0 fully saturated rings. The molecule has 1 aromatic carbocycles. The topological polar surface area (TPSA) is 49.3 Å². The molecule has 3 nitrogen and oxygen atoms in total. The second-order valence-electron chi connectivity index (χ2n) is 3.90. The molecule has 1 unspecified atom stereocenters. The lowest BCUT2D eigenvalue weighted by atomic mass is 10.0. The first kappa shape index (κ1) is 10.6. The lowest BCUT2D eigenvalue weighted by molar-refractivity contribution is 0.570. The molecule has 1 aliphatic carbocycles. The quantitative estimate of drug-likeness (QED) is 0.600. The first-order chi connectivity index (χ1) is 7.25. The molecule has 0 saturated carbocycles. The van der Waals surface area contributed by atoms with Crippen molar-refractivity contribution >= 4 is 17.0 Å². The van der Waals surface area contributed by atoms with Crippen LogP contribution in [-0.2, 0) is 24.1 Å².